The van der Waals surface area contributed by atoms with Crippen molar-refractivity contribution < 1.29 is 19.4 Å². The molecule has 1 aromatic carbocycles. The van der Waals surface area contributed by atoms with Gasteiger partial charge >= 0.3 is 5.97 Å². The first-order valence-electron chi connectivity index (χ1n) is 6.98. The van der Waals surface area contributed by atoms with Crippen LogP contribution in [0.15, 0.2) is 22.7 Å². The average molecular weight is 357 g/mol. The number of aliphatic carboxylic acids is 1. The van der Waals surface area contributed by atoms with E-state index in [2.05, 4.69) is 29.8 Å². The molecule has 0 amide bonds. The lowest BCUT2D eigenvalue weighted by Gasteiger charge is -2.16. The summed E-state index contributed by atoms with van der Waals surface area (Å²) < 4.78 is 12.2. The summed E-state index contributed by atoms with van der Waals surface area (Å²) in [6, 6.07) is 3.59. The Bertz CT molecular complexity index is 511. The van der Waals surface area contributed by atoms with Gasteiger partial charge < -0.3 is 14.6 Å². The monoisotopic (exact) mass is 356 g/mol. The Balaban J connectivity index is 3.03. The van der Waals surface area contributed by atoms with Gasteiger partial charge in [-0.05, 0) is 52.5 Å². The molecule has 5 heteroatoms. The van der Waals surface area contributed by atoms with Crippen LogP contribution < -0.4 is 9.47 Å². The summed E-state index contributed by atoms with van der Waals surface area (Å²) in [7, 11) is 0. The molecule has 0 aliphatic rings. The highest BCUT2D eigenvalue weighted by Gasteiger charge is 2.13. The Kier molecular flexibility index (Phi) is 7.29. The molecule has 21 heavy (non-hydrogen) atoms. The largest absolute Gasteiger partial charge is 0.490 e. The van der Waals surface area contributed by atoms with E-state index in [0.29, 0.717) is 30.6 Å². The molecular formula is C16H21BrO4. The van der Waals surface area contributed by atoms with Crippen molar-refractivity contribution in [3.63, 3.8) is 0 Å². The maximum absolute atomic E-state index is 10.6. The number of carbonyl (C=O) groups is 1. The van der Waals surface area contributed by atoms with Crippen LogP contribution >= 0.6 is 15.9 Å². The highest BCUT2D eigenvalue weighted by Crippen LogP contribution is 2.37. The Hall–Kier alpha value is -1.49. The number of rotatable bonds is 8. The smallest absolute Gasteiger partial charge is 0.328 e. The van der Waals surface area contributed by atoms with E-state index >= 15 is 0 Å². The molecule has 4 nitrogen and oxygen atoms in total. The molecule has 0 bridgehead atoms. The van der Waals surface area contributed by atoms with E-state index < -0.39 is 5.97 Å². The summed E-state index contributed by atoms with van der Waals surface area (Å²) in [5.74, 6) is 0.740. The van der Waals surface area contributed by atoms with E-state index in [-0.39, 0.29) is 0 Å². The molecule has 0 aliphatic carbocycles. The van der Waals surface area contributed by atoms with Gasteiger partial charge in [0.1, 0.15) is 0 Å². The number of hydrogen-bond acceptors (Lipinski definition) is 3. The van der Waals surface area contributed by atoms with E-state index in [1.54, 1.807) is 6.07 Å². The van der Waals surface area contributed by atoms with Crippen LogP contribution in [0.1, 0.15) is 32.8 Å². The topological polar surface area (TPSA) is 55.8 Å². The van der Waals surface area contributed by atoms with Crippen LogP contribution in [0.25, 0.3) is 6.08 Å². The molecule has 1 unspecified atom stereocenters. The molecule has 1 N–H and O–H groups in total. The maximum Gasteiger partial charge on any atom is 0.328 e. The zero-order valence-electron chi connectivity index (χ0n) is 12.6. The Morgan fingerprint density at radius 3 is 2.67 bits per heavy atom. The first-order valence-corrected chi connectivity index (χ1v) is 7.77. The van der Waals surface area contributed by atoms with Gasteiger partial charge in [0.25, 0.3) is 0 Å². The van der Waals surface area contributed by atoms with Crippen molar-refractivity contribution in [3.8, 4) is 11.5 Å². The van der Waals surface area contributed by atoms with Crippen LogP contribution in [-0.4, -0.2) is 24.3 Å². The second kappa shape index (κ2) is 8.72. The lowest BCUT2D eigenvalue weighted by atomic mass is 10.1. The normalized spacial score (nSPS) is 12.4. The third-order valence-corrected chi connectivity index (χ3v) is 3.55. The molecule has 1 aromatic rings. The number of benzene rings is 1. The quantitative estimate of drug-likeness (QED) is 0.702. The van der Waals surface area contributed by atoms with Gasteiger partial charge in [-0.3, -0.25) is 0 Å². The minimum atomic E-state index is -0.985. The first-order chi connectivity index (χ1) is 9.97. The molecule has 116 valence electrons. The van der Waals surface area contributed by atoms with Crippen LogP contribution in [0.5, 0.6) is 11.5 Å². The molecule has 0 spiro atoms. The van der Waals surface area contributed by atoms with Crippen molar-refractivity contribution in [3.05, 3.63) is 28.2 Å². The van der Waals surface area contributed by atoms with Gasteiger partial charge in [0.05, 0.1) is 17.7 Å². The predicted molar refractivity (Wildman–Crippen MR) is 86.9 cm³/mol. The third kappa shape index (κ3) is 5.79. The minimum Gasteiger partial charge on any atom is -0.490 e. The summed E-state index contributed by atoms with van der Waals surface area (Å²) >= 11 is 3.46. The second-order valence-electron chi connectivity index (χ2n) is 4.76. The van der Waals surface area contributed by atoms with Gasteiger partial charge in [-0.2, -0.15) is 0 Å². The van der Waals surface area contributed by atoms with Crippen LogP contribution in [-0.2, 0) is 4.79 Å². The summed E-state index contributed by atoms with van der Waals surface area (Å²) in [4.78, 5) is 10.6. The molecule has 0 saturated heterocycles. The lowest BCUT2D eigenvalue weighted by Crippen LogP contribution is -2.09. The average Bonchev–Trinajstić information content (AvgIpc) is 2.44. The fourth-order valence-electron chi connectivity index (χ4n) is 1.60. The van der Waals surface area contributed by atoms with E-state index in [4.69, 9.17) is 14.6 Å². The summed E-state index contributed by atoms with van der Waals surface area (Å²) in [5, 5.41) is 8.69. The number of carboxylic acids is 1. The molecule has 1 atom stereocenters. The molecular weight excluding hydrogens is 336 g/mol. The van der Waals surface area contributed by atoms with Crippen molar-refractivity contribution in [2.45, 2.75) is 27.2 Å². The minimum absolute atomic E-state index is 0.456. The van der Waals surface area contributed by atoms with Crippen molar-refractivity contribution >= 4 is 28.0 Å². The van der Waals surface area contributed by atoms with Crippen LogP contribution in [0.3, 0.4) is 0 Å². The van der Waals surface area contributed by atoms with Crippen molar-refractivity contribution in [1.82, 2.24) is 0 Å². The number of hydrogen-bond donors (Lipinski definition) is 1. The Morgan fingerprint density at radius 2 is 2.10 bits per heavy atom. The lowest BCUT2D eigenvalue weighted by molar-refractivity contribution is -0.131. The molecule has 0 aromatic heterocycles. The second-order valence-corrected chi connectivity index (χ2v) is 5.61. The maximum atomic E-state index is 10.6. The van der Waals surface area contributed by atoms with Crippen LogP contribution in [0, 0.1) is 5.92 Å². The number of carboxylic acid groups (broad SMARTS) is 1. The SMILES string of the molecule is CCOc1cc(C=CC(=O)O)cc(Br)c1OCC(C)CC. The van der Waals surface area contributed by atoms with Crippen LogP contribution in [0.4, 0.5) is 0 Å². The molecule has 1 rings (SSSR count). The van der Waals surface area contributed by atoms with Gasteiger partial charge in [-0.15, -0.1) is 0 Å². The summed E-state index contributed by atoms with van der Waals surface area (Å²) in [6.45, 7) is 7.26. The van der Waals surface area contributed by atoms with Gasteiger partial charge in [-0.25, -0.2) is 4.79 Å². The molecule has 0 fully saturated rings. The van der Waals surface area contributed by atoms with Gasteiger partial charge in [0, 0.05) is 6.08 Å². The van der Waals surface area contributed by atoms with E-state index in [9.17, 15) is 4.79 Å². The third-order valence-electron chi connectivity index (χ3n) is 2.96. The molecule has 0 radical (unpaired) electrons. The highest BCUT2D eigenvalue weighted by atomic mass is 79.9. The van der Waals surface area contributed by atoms with Gasteiger partial charge in [0.15, 0.2) is 11.5 Å². The molecule has 0 saturated carbocycles. The van der Waals surface area contributed by atoms with E-state index in [0.717, 1.165) is 22.5 Å². The Morgan fingerprint density at radius 1 is 1.38 bits per heavy atom. The molecule has 0 aliphatic heterocycles. The first kappa shape index (κ1) is 17.6. The zero-order chi connectivity index (χ0) is 15.8. The number of ether oxygens (including phenoxy) is 2. The van der Waals surface area contributed by atoms with Crippen molar-refractivity contribution in [1.29, 1.82) is 0 Å². The zero-order valence-corrected chi connectivity index (χ0v) is 14.1. The van der Waals surface area contributed by atoms with Crippen molar-refractivity contribution in [2.75, 3.05) is 13.2 Å². The van der Waals surface area contributed by atoms with Crippen LogP contribution in [0.2, 0.25) is 0 Å². The highest BCUT2D eigenvalue weighted by molar-refractivity contribution is 9.10. The predicted octanol–water partition coefficient (Wildman–Crippen LogP) is 4.37. The summed E-state index contributed by atoms with van der Waals surface area (Å²) in [6.07, 6.45) is 3.66. The number of halogens is 1. The summed E-state index contributed by atoms with van der Waals surface area (Å²) in [5.41, 5.74) is 0.739. The Labute approximate surface area is 133 Å². The van der Waals surface area contributed by atoms with E-state index in [1.165, 1.54) is 6.08 Å². The molecule has 0 heterocycles. The van der Waals surface area contributed by atoms with Crippen molar-refractivity contribution in [2.24, 2.45) is 5.92 Å². The standard InChI is InChI=1S/C16H21BrO4/c1-4-11(3)10-21-16-13(17)8-12(6-7-15(18)19)9-14(16)20-5-2/h6-9,11H,4-5,10H2,1-3H3,(H,18,19). The van der Waals surface area contributed by atoms with E-state index in [1.807, 2.05) is 13.0 Å². The fourth-order valence-corrected chi connectivity index (χ4v) is 2.17. The van der Waals surface area contributed by atoms with Gasteiger partial charge in [0.2, 0.25) is 0 Å². The fraction of sp³-hybridized carbons (Fsp3) is 0.438. The van der Waals surface area contributed by atoms with Gasteiger partial charge in [-0.1, -0.05) is 20.3 Å².